The summed E-state index contributed by atoms with van der Waals surface area (Å²) < 4.78 is 5.32. The smallest absolute Gasteiger partial charge is 0.243 e. The largest absolute Gasteiger partial charge is 0.497 e. The van der Waals surface area contributed by atoms with Crippen LogP contribution in [0, 0.1) is 0 Å². The highest BCUT2D eigenvalue weighted by atomic mass is 35.5. The first-order chi connectivity index (χ1) is 15.8. The summed E-state index contributed by atoms with van der Waals surface area (Å²) >= 11 is 14.0. The zero-order valence-electron chi connectivity index (χ0n) is 19.6. The standard InChI is InChI=1S/C25H32Cl2N2O3S/c1-5-17(3)28-25(31)23(6-2)29(14-18-9-7-10-19(13-18)32-4)24(30)16-33-15-20-21(26)11-8-12-22(20)27/h7-13,17,23H,5-6,14-16H2,1-4H3,(H,28,31)/t17-,23+/m1/s1. The van der Waals surface area contributed by atoms with Gasteiger partial charge in [0.25, 0.3) is 0 Å². The molecule has 2 aromatic carbocycles. The van der Waals surface area contributed by atoms with Gasteiger partial charge in [-0.25, -0.2) is 0 Å². The number of hydrogen-bond acceptors (Lipinski definition) is 4. The number of halogens is 2. The molecule has 0 fully saturated rings. The van der Waals surface area contributed by atoms with Gasteiger partial charge in [-0.3, -0.25) is 9.59 Å². The van der Waals surface area contributed by atoms with Crippen LogP contribution < -0.4 is 10.1 Å². The van der Waals surface area contributed by atoms with E-state index in [1.165, 1.54) is 11.8 Å². The maximum absolute atomic E-state index is 13.4. The van der Waals surface area contributed by atoms with Gasteiger partial charge in [-0.1, -0.05) is 55.2 Å². The lowest BCUT2D eigenvalue weighted by atomic mass is 10.1. The van der Waals surface area contributed by atoms with Crippen LogP contribution in [0.25, 0.3) is 0 Å². The van der Waals surface area contributed by atoms with Gasteiger partial charge in [0.05, 0.1) is 12.9 Å². The quantitative estimate of drug-likeness (QED) is 0.382. The molecule has 2 atom stereocenters. The summed E-state index contributed by atoms with van der Waals surface area (Å²) in [5.74, 6) is 1.17. The average Bonchev–Trinajstić information content (AvgIpc) is 2.80. The van der Waals surface area contributed by atoms with E-state index in [0.717, 1.165) is 17.5 Å². The Balaban J connectivity index is 2.20. The Morgan fingerprint density at radius 3 is 2.36 bits per heavy atom. The lowest BCUT2D eigenvalue weighted by molar-refractivity contribution is -0.139. The molecule has 8 heteroatoms. The summed E-state index contributed by atoms with van der Waals surface area (Å²) in [6.45, 7) is 6.21. The Kier molecular flexibility index (Phi) is 11.4. The van der Waals surface area contributed by atoms with Gasteiger partial charge >= 0.3 is 0 Å². The summed E-state index contributed by atoms with van der Waals surface area (Å²) in [6.07, 6.45) is 1.33. The SMILES string of the molecule is CC[C@@H](C)NC(=O)[C@H](CC)N(Cc1cccc(OC)c1)C(=O)CSCc1c(Cl)cccc1Cl. The average molecular weight is 512 g/mol. The van der Waals surface area contributed by atoms with Crippen LogP contribution in [0.3, 0.4) is 0 Å². The first kappa shape index (κ1) is 27.4. The molecule has 0 aliphatic heterocycles. The first-order valence-electron chi connectivity index (χ1n) is 11.0. The molecule has 0 saturated carbocycles. The highest BCUT2D eigenvalue weighted by Gasteiger charge is 2.29. The van der Waals surface area contributed by atoms with Crippen LogP contribution >= 0.6 is 35.0 Å². The monoisotopic (exact) mass is 510 g/mol. The molecule has 0 aromatic heterocycles. The van der Waals surface area contributed by atoms with Gasteiger partial charge < -0.3 is 15.0 Å². The van der Waals surface area contributed by atoms with Gasteiger partial charge in [-0.2, -0.15) is 0 Å². The van der Waals surface area contributed by atoms with Crippen molar-refractivity contribution < 1.29 is 14.3 Å². The summed E-state index contributed by atoms with van der Waals surface area (Å²) in [5.41, 5.74) is 1.70. The van der Waals surface area contributed by atoms with Crippen LogP contribution in [0.15, 0.2) is 42.5 Å². The Morgan fingerprint density at radius 1 is 1.09 bits per heavy atom. The number of benzene rings is 2. The van der Waals surface area contributed by atoms with E-state index in [-0.39, 0.29) is 23.6 Å². The van der Waals surface area contributed by atoms with Crippen molar-refractivity contribution in [2.75, 3.05) is 12.9 Å². The Morgan fingerprint density at radius 2 is 1.76 bits per heavy atom. The third-order valence-electron chi connectivity index (χ3n) is 5.41. The molecule has 0 bridgehead atoms. The van der Waals surface area contributed by atoms with Gasteiger partial charge in [-0.15, -0.1) is 11.8 Å². The van der Waals surface area contributed by atoms with Gasteiger partial charge in [0.2, 0.25) is 11.8 Å². The zero-order valence-corrected chi connectivity index (χ0v) is 21.9. The minimum atomic E-state index is -0.567. The summed E-state index contributed by atoms with van der Waals surface area (Å²) in [6, 6.07) is 12.4. The van der Waals surface area contributed by atoms with E-state index >= 15 is 0 Å². The van der Waals surface area contributed by atoms with E-state index in [4.69, 9.17) is 27.9 Å². The van der Waals surface area contributed by atoms with Crippen molar-refractivity contribution in [3.05, 3.63) is 63.6 Å². The first-order valence-corrected chi connectivity index (χ1v) is 12.9. The third kappa shape index (κ3) is 8.13. The second-order valence-electron chi connectivity index (χ2n) is 7.81. The topological polar surface area (TPSA) is 58.6 Å². The highest BCUT2D eigenvalue weighted by Crippen LogP contribution is 2.28. The fraction of sp³-hybridized carbons (Fsp3) is 0.440. The maximum Gasteiger partial charge on any atom is 0.243 e. The molecule has 0 radical (unpaired) electrons. The number of methoxy groups -OCH3 is 1. The number of carbonyl (C=O) groups excluding carboxylic acids is 2. The molecule has 1 N–H and O–H groups in total. The van der Waals surface area contributed by atoms with E-state index < -0.39 is 6.04 Å². The van der Waals surface area contributed by atoms with Crippen LogP contribution in [0.4, 0.5) is 0 Å². The molecule has 5 nitrogen and oxygen atoms in total. The van der Waals surface area contributed by atoms with Gasteiger partial charge in [-0.05, 0) is 55.2 Å². The number of nitrogens with one attached hydrogen (secondary N) is 1. The van der Waals surface area contributed by atoms with Gasteiger partial charge in [0, 0.05) is 28.4 Å². The molecule has 0 aliphatic rings. The van der Waals surface area contributed by atoms with Crippen LogP contribution in [0.2, 0.25) is 10.0 Å². The van der Waals surface area contributed by atoms with Crippen molar-refractivity contribution in [2.45, 2.75) is 58.0 Å². The fourth-order valence-electron chi connectivity index (χ4n) is 3.32. The van der Waals surface area contributed by atoms with Crippen molar-refractivity contribution >= 4 is 46.8 Å². The van der Waals surface area contributed by atoms with E-state index in [2.05, 4.69) is 5.32 Å². The number of thioether (sulfide) groups is 1. The molecule has 2 rings (SSSR count). The minimum absolute atomic E-state index is 0.0389. The number of ether oxygens (including phenoxy) is 1. The maximum atomic E-state index is 13.4. The van der Waals surface area contributed by atoms with Gasteiger partial charge in [0.15, 0.2) is 0 Å². The molecular formula is C25H32Cl2N2O3S. The molecule has 0 saturated heterocycles. The molecule has 0 heterocycles. The van der Waals surface area contributed by atoms with Crippen molar-refractivity contribution in [3.8, 4) is 5.75 Å². The molecular weight excluding hydrogens is 479 g/mol. The zero-order chi connectivity index (χ0) is 24.4. The van der Waals surface area contributed by atoms with Crippen LogP contribution in [-0.2, 0) is 21.9 Å². The lowest BCUT2D eigenvalue weighted by Gasteiger charge is -2.31. The lowest BCUT2D eigenvalue weighted by Crippen LogP contribution is -2.51. The summed E-state index contributed by atoms with van der Waals surface area (Å²) in [7, 11) is 1.60. The summed E-state index contributed by atoms with van der Waals surface area (Å²) in [5, 5.41) is 4.18. The highest BCUT2D eigenvalue weighted by molar-refractivity contribution is 7.99. The van der Waals surface area contributed by atoms with Crippen molar-refractivity contribution in [1.29, 1.82) is 0 Å². The molecule has 180 valence electrons. The second-order valence-corrected chi connectivity index (χ2v) is 9.61. The van der Waals surface area contributed by atoms with E-state index in [9.17, 15) is 9.59 Å². The number of carbonyl (C=O) groups is 2. The number of hydrogen-bond donors (Lipinski definition) is 1. The Labute approximate surface area is 211 Å². The van der Waals surface area contributed by atoms with E-state index in [1.54, 1.807) is 30.2 Å². The van der Waals surface area contributed by atoms with Gasteiger partial charge in [0.1, 0.15) is 11.8 Å². The molecule has 33 heavy (non-hydrogen) atoms. The minimum Gasteiger partial charge on any atom is -0.497 e. The number of amides is 2. The second kappa shape index (κ2) is 13.7. The molecule has 0 aliphatic carbocycles. The predicted octanol–water partition coefficient (Wildman–Crippen LogP) is 5.96. The number of rotatable bonds is 12. The fourth-order valence-corrected chi connectivity index (χ4v) is 4.97. The van der Waals surface area contributed by atoms with Crippen molar-refractivity contribution in [3.63, 3.8) is 0 Å². The van der Waals surface area contributed by atoms with Crippen LogP contribution in [-0.4, -0.2) is 41.7 Å². The predicted molar refractivity (Wildman–Crippen MR) is 138 cm³/mol. The Bertz CT molecular complexity index is 921. The van der Waals surface area contributed by atoms with Crippen LogP contribution in [0.5, 0.6) is 5.75 Å². The Hall–Kier alpha value is -1.89. The van der Waals surface area contributed by atoms with E-state index in [0.29, 0.717) is 34.5 Å². The number of nitrogens with zero attached hydrogens (tertiary/aromatic N) is 1. The van der Waals surface area contributed by atoms with E-state index in [1.807, 2.05) is 45.0 Å². The molecule has 2 amide bonds. The van der Waals surface area contributed by atoms with Crippen LogP contribution in [0.1, 0.15) is 44.7 Å². The molecule has 2 aromatic rings. The molecule has 0 spiro atoms. The normalized spacial score (nSPS) is 12.7. The summed E-state index contributed by atoms with van der Waals surface area (Å²) in [4.78, 5) is 28.0. The van der Waals surface area contributed by atoms with Crippen molar-refractivity contribution in [1.82, 2.24) is 10.2 Å². The molecule has 0 unspecified atom stereocenters. The van der Waals surface area contributed by atoms with Crippen molar-refractivity contribution in [2.24, 2.45) is 0 Å². The third-order valence-corrected chi connectivity index (χ3v) is 7.06.